The molecule has 1 saturated heterocycles. The van der Waals surface area contributed by atoms with Crippen LogP contribution < -0.4 is 4.72 Å². The Balaban J connectivity index is 1.64. The van der Waals surface area contributed by atoms with Crippen molar-refractivity contribution in [3.05, 3.63) is 42.5 Å². The van der Waals surface area contributed by atoms with E-state index in [2.05, 4.69) is 18.5 Å². The zero-order chi connectivity index (χ0) is 22.0. The molecular weight excluding hydrogens is 412 g/mol. The standard InChI is InChI=1S/C21H33F2N3O3S/c1-3-13-25(2)14-6-4-5-7-17-29-18-11-15-26(16-12-18)30(27,28)24-21-19(22)9-8-10-20(21)23/h3,8-10,18,24H,1,4-7,11-17H2,2H3. The number of nitrogens with zero attached hydrogens (tertiary/aromatic N) is 2. The molecule has 0 saturated carbocycles. The smallest absolute Gasteiger partial charge is 0.301 e. The minimum Gasteiger partial charge on any atom is -0.378 e. The summed E-state index contributed by atoms with van der Waals surface area (Å²) in [5.41, 5.74) is -0.647. The van der Waals surface area contributed by atoms with Gasteiger partial charge in [-0.05, 0) is 51.4 Å². The molecule has 0 amide bonds. The van der Waals surface area contributed by atoms with Crippen molar-refractivity contribution in [1.82, 2.24) is 9.21 Å². The Kier molecular flexibility index (Phi) is 10.2. The summed E-state index contributed by atoms with van der Waals surface area (Å²) in [6.45, 7) is 6.87. The number of hydrogen-bond acceptors (Lipinski definition) is 4. The normalized spacial score (nSPS) is 16.1. The lowest BCUT2D eigenvalue weighted by Crippen LogP contribution is -2.43. The van der Waals surface area contributed by atoms with Crippen LogP contribution in [-0.2, 0) is 14.9 Å². The van der Waals surface area contributed by atoms with Crippen LogP contribution in [0.3, 0.4) is 0 Å². The molecule has 0 spiro atoms. The summed E-state index contributed by atoms with van der Waals surface area (Å²) in [6.07, 6.45) is 7.43. The predicted molar refractivity (Wildman–Crippen MR) is 116 cm³/mol. The first-order chi connectivity index (χ1) is 14.3. The van der Waals surface area contributed by atoms with Gasteiger partial charge in [0.1, 0.15) is 17.3 Å². The van der Waals surface area contributed by atoms with Gasteiger partial charge in [0.15, 0.2) is 0 Å². The molecule has 1 fully saturated rings. The van der Waals surface area contributed by atoms with Gasteiger partial charge in [0.2, 0.25) is 0 Å². The molecule has 30 heavy (non-hydrogen) atoms. The van der Waals surface area contributed by atoms with Crippen LogP contribution in [0.2, 0.25) is 0 Å². The Morgan fingerprint density at radius 3 is 2.47 bits per heavy atom. The number of hydrogen-bond donors (Lipinski definition) is 1. The Labute approximate surface area is 179 Å². The highest BCUT2D eigenvalue weighted by Crippen LogP contribution is 2.23. The van der Waals surface area contributed by atoms with Gasteiger partial charge in [-0.3, -0.25) is 4.72 Å². The molecule has 1 heterocycles. The summed E-state index contributed by atoms with van der Waals surface area (Å²) in [4.78, 5) is 2.24. The zero-order valence-electron chi connectivity index (χ0n) is 17.7. The molecule has 170 valence electrons. The third kappa shape index (κ3) is 7.94. The average Bonchev–Trinajstić information content (AvgIpc) is 2.71. The molecule has 2 rings (SSSR count). The van der Waals surface area contributed by atoms with Crippen molar-refractivity contribution in [3.8, 4) is 0 Å². The molecule has 1 aromatic carbocycles. The van der Waals surface area contributed by atoms with Crippen LogP contribution in [0.5, 0.6) is 0 Å². The monoisotopic (exact) mass is 445 g/mol. The molecule has 0 radical (unpaired) electrons. The summed E-state index contributed by atoms with van der Waals surface area (Å²) < 4.78 is 61.5. The van der Waals surface area contributed by atoms with Gasteiger partial charge in [0, 0.05) is 26.2 Å². The van der Waals surface area contributed by atoms with Gasteiger partial charge in [-0.2, -0.15) is 12.7 Å². The second-order valence-electron chi connectivity index (χ2n) is 7.64. The second-order valence-corrected chi connectivity index (χ2v) is 9.31. The van der Waals surface area contributed by atoms with E-state index in [4.69, 9.17) is 4.74 Å². The number of unbranched alkanes of at least 4 members (excludes halogenated alkanes) is 3. The van der Waals surface area contributed by atoms with Crippen molar-refractivity contribution in [1.29, 1.82) is 0 Å². The van der Waals surface area contributed by atoms with E-state index in [0.717, 1.165) is 50.9 Å². The number of rotatable bonds is 13. The van der Waals surface area contributed by atoms with E-state index in [1.165, 1.54) is 10.4 Å². The number of ether oxygens (including phenoxy) is 1. The van der Waals surface area contributed by atoms with Crippen molar-refractivity contribution < 1.29 is 21.9 Å². The molecule has 0 aromatic heterocycles. The quantitative estimate of drug-likeness (QED) is 0.371. The van der Waals surface area contributed by atoms with Crippen LogP contribution in [0.4, 0.5) is 14.5 Å². The third-order valence-electron chi connectivity index (χ3n) is 5.16. The highest BCUT2D eigenvalue weighted by atomic mass is 32.2. The van der Waals surface area contributed by atoms with Gasteiger partial charge in [0.05, 0.1) is 6.10 Å². The molecule has 0 bridgehead atoms. The molecule has 9 heteroatoms. The molecule has 0 unspecified atom stereocenters. The lowest BCUT2D eigenvalue weighted by atomic mass is 10.1. The largest absolute Gasteiger partial charge is 0.378 e. The Morgan fingerprint density at radius 2 is 1.83 bits per heavy atom. The Morgan fingerprint density at radius 1 is 1.20 bits per heavy atom. The summed E-state index contributed by atoms with van der Waals surface area (Å²) >= 11 is 0. The maximum atomic E-state index is 13.7. The molecule has 1 N–H and O–H groups in total. The van der Waals surface area contributed by atoms with E-state index in [9.17, 15) is 17.2 Å². The minimum absolute atomic E-state index is 0.0142. The van der Waals surface area contributed by atoms with Gasteiger partial charge in [0.25, 0.3) is 0 Å². The van der Waals surface area contributed by atoms with Crippen molar-refractivity contribution in [2.75, 3.05) is 44.6 Å². The van der Waals surface area contributed by atoms with Crippen LogP contribution >= 0.6 is 0 Å². The molecule has 0 aliphatic carbocycles. The van der Waals surface area contributed by atoms with E-state index in [1.54, 1.807) is 0 Å². The lowest BCUT2D eigenvalue weighted by molar-refractivity contribution is 0.0193. The Hall–Kier alpha value is -1.55. The van der Waals surface area contributed by atoms with Gasteiger partial charge >= 0.3 is 10.2 Å². The summed E-state index contributed by atoms with van der Waals surface area (Å²) in [5.74, 6) is -1.88. The van der Waals surface area contributed by atoms with Crippen molar-refractivity contribution in [3.63, 3.8) is 0 Å². The third-order valence-corrected chi connectivity index (χ3v) is 6.67. The number of halogens is 2. The molecule has 1 aliphatic rings. The van der Waals surface area contributed by atoms with Gasteiger partial charge in [-0.15, -0.1) is 6.58 Å². The Bertz CT molecular complexity index is 749. The van der Waals surface area contributed by atoms with Gasteiger partial charge in [-0.25, -0.2) is 8.78 Å². The fraction of sp³-hybridized carbons (Fsp3) is 0.619. The number of piperidine rings is 1. The number of likely N-dealkylation sites (N-methyl/N-ethyl adjacent to an activating group) is 1. The molecule has 1 aliphatic heterocycles. The zero-order valence-corrected chi connectivity index (χ0v) is 18.5. The number of nitrogens with one attached hydrogen (secondary N) is 1. The van der Waals surface area contributed by atoms with Crippen LogP contribution in [0, 0.1) is 11.6 Å². The molecular formula is C21H33F2N3O3S. The van der Waals surface area contributed by atoms with E-state index in [1.807, 2.05) is 10.8 Å². The van der Waals surface area contributed by atoms with Crippen LogP contribution in [0.1, 0.15) is 38.5 Å². The first-order valence-corrected chi connectivity index (χ1v) is 11.9. The predicted octanol–water partition coefficient (Wildman–Crippen LogP) is 3.78. The highest BCUT2D eigenvalue weighted by molar-refractivity contribution is 7.90. The number of benzene rings is 1. The number of para-hydroxylation sites is 1. The van der Waals surface area contributed by atoms with E-state index in [0.29, 0.717) is 19.4 Å². The maximum absolute atomic E-state index is 13.7. The fourth-order valence-corrected chi connectivity index (χ4v) is 4.70. The topological polar surface area (TPSA) is 61.9 Å². The van der Waals surface area contributed by atoms with Gasteiger partial charge in [-0.1, -0.05) is 25.0 Å². The van der Waals surface area contributed by atoms with E-state index < -0.39 is 27.5 Å². The SMILES string of the molecule is C=CCN(C)CCCCCCOC1CCN(S(=O)(=O)Nc2c(F)cccc2F)CC1. The highest BCUT2D eigenvalue weighted by Gasteiger charge is 2.29. The molecule has 0 atom stereocenters. The molecule has 1 aromatic rings. The van der Waals surface area contributed by atoms with Gasteiger partial charge < -0.3 is 9.64 Å². The number of anilines is 1. The van der Waals surface area contributed by atoms with Crippen LogP contribution in [-0.4, -0.2) is 63.6 Å². The first-order valence-electron chi connectivity index (χ1n) is 10.5. The van der Waals surface area contributed by atoms with Crippen molar-refractivity contribution in [2.24, 2.45) is 0 Å². The summed E-state index contributed by atoms with van der Waals surface area (Å²) in [6, 6.07) is 3.22. The average molecular weight is 446 g/mol. The second kappa shape index (κ2) is 12.3. The van der Waals surface area contributed by atoms with Crippen molar-refractivity contribution >= 4 is 15.9 Å². The fourth-order valence-electron chi connectivity index (χ4n) is 3.43. The summed E-state index contributed by atoms with van der Waals surface area (Å²) in [5, 5.41) is 0. The molecule has 6 nitrogen and oxygen atoms in total. The van der Waals surface area contributed by atoms with E-state index >= 15 is 0 Å². The first kappa shape index (κ1) is 24.7. The summed E-state index contributed by atoms with van der Waals surface area (Å²) in [7, 11) is -1.93. The lowest BCUT2D eigenvalue weighted by Gasteiger charge is -2.31. The van der Waals surface area contributed by atoms with Crippen LogP contribution in [0.25, 0.3) is 0 Å². The van der Waals surface area contributed by atoms with E-state index in [-0.39, 0.29) is 19.2 Å². The van der Waals surface area contributed by atoms with Crippen LogP contribution in [0.15, 0.2) is 30.9 Å². The van der Waals surface area contributed by atoms with Crippen molar-refractivity contribution in [2.45, 2.75) is 44.6 Å². The minimum atomic E-state index is -4.01. The maximum Gasteiger partial charge on any atom is 0.301 e.